The van der Waals surface area contributed by atoms with E-state index in [1.165, 1.54) is 0 Å². The highest BCUT2D eigenvalue weighted by atomic mass is 19.1. The summed E-state index contributed by atoms with van der Waals surface area (Å²) in [7, 11) is 0. The number of hydrogen-bond acceptors (Lipinski definition) is 5. The summed E-state index contributed by atoms with van der Waals surface area (Å²) in [6.45, 7) is 10.6. The van der Waals surface area contributed by atoms with Crippen molar-refractivity contribution >= 4 is 17.7 Å². The molecule has 0 bridgehead atoms. The van der Waals surface area contributed by atoms with Gasteiger partial charge in [0.05, 0.1) is 18.8 Å². The summed E-state index contributed by atoms with van der Waals surface area (Å²) >= 11 is 0. The first kappa shape index (κ1) is 23.1. The summed E-state index contributed by atoms with van der Waals surface area (Å²) in [5, 5.41) is 3.21. The van der Waals surface area contributed by atoms with E-state index in [1.807, 2.05) is 12.1 Å². The molecule has 9 heteroatoms. The van der Waals surface area contributed by atoms with Crippen molar-refractivity contribution in [3.63, 3.8) is 0 Å². The van der Waals surface area contributed by atoms with Crippen molar-refractivity contribution < 1.29 is 13.9 Å². The molecular weight excluding hydrogens is 399 g/mol. The van der Waals surface area contributed by atoms with Crippen LogP contribution in [0.5, 0.6) is 0 Å². The number of amides is 1. The van der Waals surface area contributed by atoms with E-state index in [9.17, 15) is 9.18 Å². The topological polar surface area (TPSA) is 86.4 Å². The summed E-state index contributed by atoms with van der Waals surface area (Å²) < 4.78 is 19.7. The number of halogens is 1. The lowest BCUT2D eigenvalue weighted by Gasteiger charge is -2.35. The quantitative estimate of drug-likeness (QED) is 0.526. The Labute approximate surface area is 184 Å². The third-order valence-electron chi connectivity index (χ3n) is 5.98. The van der Waals surface area contributed by atoms with Crippen LogP contribution >= 0.6 is 0 Å². The minimum Gasteiger partial charge on any atom is -0.450 e. The van der Waals surface area contributed by atoms with Crippen molar-refractivity contribution in [2.45, 2.75) is 39.3 Å². The van der Waals surface area contributed by atoms with Gasteiger partial charge in [-0.1, -0.05) is 13.0 Å². The molecule has 0 aliphatic carbocycles. The van der Waals surface area contributed by atoms with Crippen LogP contribution in [0.15, 0.2) is 23.2 Å². The van der Waals surface area contributed by atoms with Gasteiger partial charge in [-0.25, -0.2) is 14.2 Å². The Kier molecular flexibility index (Phi) is 8.34. The fourth-order valence-corrected chi connectivity index (χ4v) is 4.06. The Morgan fingerprint density at radius 2 is 1.90 bits per heavy atom. The van der Waals surface area contributed by atoms with E-state index < -0.39 is 0 Å². The molecule has 1 amide bonds. The Morgan fingerprint density at radius 1 is 1.19 bits per heavy atom. The molecule has 2 fully saturated rings. The van der Waals surface area contributed by atoms with Crippen molar-refractivity contribution in [1.29, 1.82) is 0 Å². The molecule has 3 N–H and O–H groups in total. The van der Waals surface area contributed by atoms with Gasteiger partial charge >= 0.3 is 6.09 Å². The van der Waals surface area contributed by atoms with Crippen LogP contribution in [-0.4, -0.2) is 80.3 Å². The van der Waals surface area contributed by atoms with E-state index in [-0.39, 0.29) is 18.0 Å². The highest BCUT2D eigenvalue weighted by Crippen LogP contribution is 2.22. The van der Waals surface area contributed by atoms with Crippen LogP contribution < -0.4 is 16.0 Å². The Balaban J connectivity index is 1.47. The second kappa shape index (κ2) is 11.2. The number of aliphatic imine (C=N–C) groups is 1. The number of nitrogens with zero attached hydrogens (tertiary/aromatic N) is 4. The third kappa shape index (κ3) is 6.46. The molecule has 0 unspecified atom stereocenters. The molecule has 0 saturated carbocycles. The predicted molar refractivity (Wildman–Crippen MR) is 121 cm³/mol. The lowest BCUT2D eigenvalue weighted by Crippen LogP contribution is -2.48. The number of nitrogens with one attached hydrogen (secondary N) is 1. The number of anilines is 1. The van der Waals surface area contributed by atoms with Gasteiger partial charge < -0.3 is 30.5 Å². The fourth-order valence-electron chi connectivity index (χ4n) is 4.06. The largest absolute Gasteiger partial charge is 0.450 e. The molecule has 0 spiro atoms. The van der Waals surface area contributed by atoms with Crippen molar-refractivity contribution in [2.24, 2.45) is 10.7 Å². The number of likely N-dealkylation sites (tertiary alicyclic amines) is 1. The molecule has 2 aliphatic heterocycles. The first-order valence-electron chi connectivity index (χ1n) is 11.2. The van der Waals surface area contributed by atoms with E-state index in [0.717, 1.165) is 51.1 Å². The molecule has 8 nitrogen and oxygen atoms in total. The monoisotopic (exact) mass is 434 g/mol. The molecule has 2 saturated heterocycles. The number of ether oxygens (including phenoxy) is 1. The number of piperazine rings is 1. The van der Waals surface area contributed by atoms with Gasteiger partial charge in [-0.05, 0) is 44.0 Å². The van der Waals surface area contributed by atoms with Crippen LogP contribution in [0.25, 0.3) is 0 Å². The minimum absolute atomic E-state index is 0.162. The summed E-state index contributed by atoms with van der Waals surface area (Å²) in [6, 6.07) is 5.47. The number of nitrogens with two attached hydrogens (primary N) is 1. The molecule has 31 heavy (non-hydrogen) atoms. The molecule has 1 aromatic carbocycles. The minimum atomic E-state index is -0.264. The van der Waals surface area contributed by atoms with Gasteiger partial charge in [0, 0.05) is 45.3 Å². The highest BCUT2D eigenvalue weighted by molar-refractivity contribution is 5.78. The zero-order chi connectivity index (χ0) is 22.2. The zero-order valence-electron chi connectivity index (χ0n) is 18.6. The second-order valence-electron chi connectivity index (χ2n) is 8.01. The van der Waals surface area contributed by atoms with Crippen molar-refractivity contribution in [3.05, 3.63) is 29.6 Å². The van der Waals surface area contributed by atoms with E-state index in [0.29, 0.717) is 37.9 Å². The first-order valence-corrected chi connectivity index (χ1v) is 11.2. The summed E-state index contributed by atoms with van der Waals surface area (Å²) in [5.74, 6) is 0.130. The average Bonchev–Trinajstić information content (AvgIpc) is 2.78. The van der Waals surface area contributed by atoms with Crippen LogP contribution in [0.1, 0.15) is 32.3 Å². The Morgan fingerprint density at radius 3 is 2.52 bits per heavy atom. The number of carbonyl (C=O) groups excluding carboxylic acids is 1. The predicted octanol–water partition coefficient (Wildman–Crippen LogP) is 1.99. The lowest BCUT2D eigenvalue weighted by molar-refractivity contribution is 0.0963. The van der Waals surface area contributed by atoms with Gasteiger partial charge in [-0.15, -0.1) is 0 Å². The maximum absolute atomic E-state index is 14.7. The number of hydrogen-bond donors (Lipinski definition) is 2. The van der Waals surface area contributed by atoms with Gasteiger partial charge in [0.2, 0.25) is 0 Å². The lowest BCUT2D eigenvalue weighted by atomic mass is 10.1. The number of benzene rings is 1. The van der Waals surface area contributed by atoms with E-state index >= 15 is 0 Å². The number of carbonyl (C=O) groups is 1. The normalized spacial score (nSPS) is 18.9. The number of guanidine groups is 1. The molecule has 172 valence electrons. The SMILES string of the molecule is CCOC(=O)N1CCC(NC(N)=NCc2ccc(N3CCN(CC)CC3)c(F)c2)CC1. The van der Waals surface area contributed by atoms with Crippen LogP contribution in [0.2, 0.25) is 0 Å². The Hall–Kier alpha value is -2.55. The average molecular weight is 435 g/mol. The van der Waals surface area contributed by atoms with Crippen LogP contribution in [0.3, 0.4) is 0 Å². The van der Waals surface area contributed by atoms with Crippen LogP contribution in [0, 0.1) is 5.82 Å². The third-order valence-corrected chi connectivity index (χ3v) is 5.98. The number of piperidine rings is 1. The van der Waals surface area contributed by atoms with E-state index in [1.54, 1.807) is 17.9 Å². The molecule has 3 rings (SSSR count). The first-order chi connectivity index (χ1) is 15.0. The summed E-state index contributed by atoms with van der Waals surface area (Å²) in [4.78, 5) is 22.3. The molecule has 0 radical (unpaired) electrons. The second-order valence-corrected chi connectivity index (χ2v) is 8.01. The van der Waals surface area contributed by atoms with Gasteiger partial charge in [0.15, 0.2) is 5.96 Å². The molecule has 0 atom stereocenters. The van der Waals surface area contributed by atoms with Gasteiger partial charge in [0.1, 0.15) is 5.82 Å². The summed E-state index contributed by atoms with van der Waals surface area (Å²) in [6.07, 6.45) is 1.30. The van der Waals surface area contributed by atoms with Gasteiger partial charge in [-0.2, -0.15) is 0 Å². The van der Waals surface area contributed by atoms with Crippen molar-refractivity contribution in [1.82, 2.24) is 15.1 Å². The van der Waals surface area contributed by atoms with Gasteiger partial charge in [-0.3, -0.25) is 0 Å². The van der Waals surface area contributed by atoms with Crippen molar-refractivity contribution in [2.75, 3.05) is 57.3 Å². The maximum Gasteiger partial charge on any atom is 0.409 e. The molecule has 1 aromatic rings. The standard InChI is InChI=1S/C22H35FN6O2/c1-3-27-11-13-28(14-12-27)20-6-5-17(15-19(20)23)16-25-21(24)26-18-7-9-29(10-8-18)22(30)31-4-2/h5-6,15,18H,3-4,7-14,16H2,1-2H3,(H3,24,25,26). The van der Waals surface area contributed by atoms with Gasteiger partial charge in [0.25, 0.3) is 0 Å². The van der Waals surface area contributed by atoms with Crippen LogP contribution in [0.4, 0.5) is 14.9 Å². The highest BCUT2D eigenvalue weighted by Gasteiger charge is 2.23. The molecular formula is C22H35FN6O2. The molecule has 0 aromatic heterocycles. The van der Waals surface area contributed by atoms with Crippen molar-refractivity contribution in [3.8, 4) is 0 Å². The van der Waals surface area contributed by atoms with E-state index in [4.69, 9.17) is 10.5 Å². The van der Waals surface area contributed by atoms with E-state index in [2.05, 4.69) is 27.0 Å². The number of likely N-dealkylation sites (N-methyl/N-ethyl adjacent to an activating group) is 1. The summed E-state index contributed by atoms with van der Waals surface area (Å²) in [5.41, 5.74) is 7.48. The fraction of sp³-hybridized carbons (Fsp3) is 0.636. The number of rotatable bonds is 6. The maximum atomic E-state index is 14.7. The van der Waals surface area contributed by atoms with Crippen LogP contribution in [-0.2, 0) is 11.3 Å². The Bertz CT molecular complexity index is 758. The zero-order valence-corrected chi connectivity index (χ0v) is 18.6. The molecule has 2 aliphatic rings. The smallest absolute Gasteiger partial charge is 0.409 e. The molecule has 2 heterocycles.